The van der Waals surface area contributed by atoms with Gasteiger partial charge in [-0.05, 0) is 11.0 Å². The Morgan fingerprint density at radius 3 is 2.45 bits per heavy atom. The van der Waals surface area contributed by atoms with E-state index < -0.39 is 0 Å². The molecule has 2 heterocycles. The summed E-state index contributed by atoms with van der Waals surface area (Å²) in [7, 11) is 0. The zero-order chi connectivity index (χ0) is 8.10. The molecule has 1 aliphatic rings. The number of aromatic nitrogens is 2. The lowest BCUT2D eigenvalue weighted by Crippen LogP contribution is -1.87. The Labute approximate surface area is 69.7 Å². The van der Waals surface area contributed by atoms with Crippen LogP contribution < -0.4 is 5.73 Å². The predicted molar refractivity (Wildman–Crippen MR) is 48.0 cm³/mol. The molecule has 1 aliphatic heterocycles. The van der Waals surface area contributed by atoms with Gasteiger partial charge in [0.1, 0.15) is 12.1 Å². The molecular formula is C7H9N3S. The van der Waals surface area contributed by atoms with Gasteiger partial charge in [-0.1, -0.05) is 6.58 Å². The number of anilines is 1. The van der Waals surface area contributed by atoms with Crippen molar-refractivity contribution in [3.63, 3.8) is 0 Å². The third-order valence-corrected chi connectivity index (χ3v) is 1.65. The Morgan fingerprint density at radius 2 is 2.27 bits per heavy atom. The Bertz CT molecular complexity index is 229. The van der Waals surface area contributed by atoms with Crippen LogP contribution in [0.1, 0.15) is 0 Å². The average molecular weight is 167 g/mol. The molecule has 1 saturated heterocycles. The Balaban J connectivity index is 0.000000128. The summed E-state index contributed by atoms with van der Waals surface area (Å²) in [6.07, 6.45) is 3.01. The molecule has 4 heteroatoms. The first kappa shape index (κ1) is 8.07. The maximum atomic E-state index is 5.21. The molecule has 1 fully saturated rings. The van der Waals surface area contributed by atoms with Crippen molar-refractivity contribution in [2.75, 3.05) is 11.5 Å². The summed E-state index contributed by atoms with van der Waals surface area (Å²) in [5.41, 5.74) is 5.21. The highest BCUT2D eigenvalue weighted by Crippen LogP contribution is 2.32. The van der Waals surface area contributed by atoms with Crippen LogP contribution in [0.15, 0.2) is 30.1 Å². The van der Waals surface area contributed by atoms with Crippen LogP contribution in [0.2, 0.25) is 0 Å². The van der Waals surface area contributed by atoms with E-state index in [2.05, 4.69) is 16.5 Å². The second-order valence-electron chi connectivity index (χ2n) is 1.96. The predicted octanol–water partition coefficient (Wildman–Crippen LogP) is 1.31. The SMILES string of the molecule is C=C1CS1.Nc1ccncn1. The van der Waals surface area contributed by atoms with Crippen molar-refractivity contribution in [2.45, 2.75) is 0 Å². The van der Waals surface area contributed by atoms with E-state index in [1.165, 1.54) is 17.0 Å². The number of thioether (sulfide) groups is 1. The fourth-order valence-electron chi connectivity index (χ4n) is 0.352. The number of nitrogen functional groups attached to an aromatic ring is 1. The molecule has 0 radical (unpaired) electrons. The fourth-order valence-corrected chi connectivity index (χ4v) is 0.454. The van der Waals surface area contributed by atoms with Crippen molar-refractivity contribution in [3.8, 4) is 0 Å². The first-order valence-electron chi connectivity index (χ1n) is 3.11. The Kier molecular flexibility index (Phi) is 2.92. The van der Waals surface area contributed by atoms with Crippen molar-refractivity contribution in [1.29, 1.82) is 0 Å². The third kappa shape index (κ3) is 4.38. The highest BCUT2D eigenvalue weighted by atomic mass is 32.2. The summed E-state index contributed by atoms with van der Waals surface area (Å²) in [6.45, 7) is 3.63. The molecule has 0 spiro atoms. The number of hydrogen-bond acceptors (Lipinski definition) is 4. The van der Waals surface area contributed by atoms with Gasteiger partial charge in [0.25, 0.3) is 0 Å². The number of nitrogens with zero attached hydrogens (tertiary/aromatic N) is 2. The molecule has 0 unspecified atom stereocenters. The Morgan fingerprint density at radius 1 is 1.64 bits per heavy atom. The molecular weight excluding hydrogens is 158 g/mol. The van der Waals surface area contributed by atoms with Crippen LogP contribution in [0.3, 0.4) is 0 Å². The minimum Gasteiger partial charge on any atom is -0.384 e. The topological polar surface area (TPSA) is 51.8 Å². The molecule has 0 aliphatic carbocycles. The van der Waals surface area contributed by atoms with Gasteiger partial charge in [-0.2, -0.15) is 0 Å². The van der Waals surface area contributed by atoms with E-state index in [0.29, 0.717) is 5.82 Å². The van der Waals surface area contributed by atoms with E-state index in [4.69, 9.17) is 5.73 Å². The summed E-state index contributed by atoms with van der Waals surface area (Å²) in [6, 6.07) is 1.64. The number of hydrogen-bond donors (Lipinski definition) is 1. The van der Waals surface area contributed by atoms with E-state index >= 15 is 0 Å². The van der Waals surface area contributed by atoms with Crippen LogP contribution in [0.5, 0.6) is 0 Å². The summed E-state index contributed by atoms with van der Waals surface area (Å²) < 4.78 is 0. The van der Waals surface area contributed by atoms with Crippen LogP contribution in [0, 0.1) is 0 Å². The highest BCUT2D eigenvalue weighted by molar-refractivity contribution is 8.11. The van der Waals surface area contributed by atoms with E-state index in [-0.39, 0.29) is 0 Å². The first-order chi connectivity index (χ1) is 5.29. The van der Waals surface area contributed by atoms with Gasteiger partial charge in [-0.3, -0.25) is 0 Å². The van der Waals surface area contributed by atoms with Crippen LogP contribution in [0.25, 0.3) is 0 Å². The zero-order valence-corrected chi connectivity index (χ0v) is 6.84. The van der Waals surface area contributed by atoms with Crippen molar-refractivity contribution in [1.82, 2.24) is 9.97 Å². The molecule has 1 aromatic rings. The molecule has 3 nitrogen and oxygen atoms in total. The first-order valence-corrected chi connectivity index (χ1v) is 4.09. The standard InChI is InChI=1S/C4H5N3.C3H4S/c5-4-1-2-6-3-7-4;1-3-2-4-3/h1-3H,(H2,5,6,7);1-2H2. The molecule has 0 amide bonds. The largest absolute Gasteiger partial charge is 0.384 e. The van der Waals surface area contributed by atoms with Crippen LogP contribution in [-0.2, 0) is 0 Å². The molecule has 58 valence electrons. The van der Waals surface area contributed by atoms with Crippen molar-refractivity contribution in [2.24, 2.45) is 0 Å². The van der Waals surface area contributed by atoms with Gasteiger partial charge in [0.05, 0.1) is 0 Å². The van der Waals surface area contributed by atoms with Crippen molar-refractivity contribution >= 4 is 17.6 Å². The fraction of sp³-hybridized carbons (Fsp3) is 0.143. The summed E-state index contributed by atoms with van der Waals surface area (Å²) in [5.74, 6) is 1.72. The van der Waals surface area contributed by atoms with Crippen LogP contribution in [0.4, 0.5) is 5.82 Å². The average Bonchev–Trinajstić information content (AvgIpc) is 2.75. The van der Waals surface area contributed by atoms with Gasteiger partial charge in [0.15, 0.2) is 0 Å². The minimum atomic E-state index is 0.509. The van der Waals surface area contributed by atoms with Crippen LogP contribution in [-0.4, -0.2) is 15.7 Å². The van der Waals surface area contributed by atoms with Gasteiger partial charge < -0.3 is 5.73 Å². The molecule has 0 bridgehead atoms. The van der Waals surface area contributed by atoms with Crippen LogP contribution >= 0.6 is 11.8 Å². The van der Waals surface area contributed by atoms with E-state index in [9.17, 15) is 0 Å². The molecule has 11 heavy (non-hydrogen) atoms. The van der Waals surface area contributed by atoms with E-state index in [1.807, 2.05) is 11.8 Å². The van der Waals surface area contributed by atoms with Gasteiger partial charge in [0, 0.05) is 11.9 Å². The van der Waals surface area contributed by atoms with Crippen molar-refractivity contribution < 1.29 is 0 Å². The number of nitrogens with two attached hydrogens (primary N) is 1. The molecule has 0 atom stereocenters. The Hall–Kier alpha value is -1.03. The number of rotatable bonds is 0. The maximum absolute atomic E-state index is 5.21. The van der Waals surface area contributed by atoms with E-state index in [0.717, 1.165) is 0 Å². The molecule has 0 aromatic carbocycles. The lowest BCUT2D eigenvalue weighted by Gasteiger charge is -1.82. The zero-order valence-electron chi connectivity index (χ0n) is 6.03. The summed E-state index contributed by atoms with van der Waals surface area (Å²) in [5, 5.41) is 0. The van der Waals surface area contributed by atoms with Gasteiger partial charge in [-0.25, -0.2) is 9.97 Å². The highest BCUT2D eigenvalue weighted by Gasteiger charge is 2.05. The van der Waals surface area contributed by atoms with Gasteiger partial charge >= 0.3 is 0 Å². The minimum absolute atomic E-state index is 0.509. The summed E-state index contributed by atoms with van der Waals surface area (Å²) >= 11 is 1.83. The quantitative estimate of drug-likeness (QED) is 0.592. The second kappa shape index (κ2) is 3.98. The second-order valence-corrected chi connectivity index (χ2v) is 3.12. The third-order valence-electron chi connectivity index (χ3n) is 0.953. The van der Waals surface area contributed by atoms with E-state index in [1.54, 1.807) is 12.3 Å². The lowest BCUT2D eigenvalue weighted by molar-refractivity contribution is 1.18. The van der Waals surface area contributed by atoms with Gasteiger partial charge in [-0.15, -0.1) is 11.8 Å². The smallest absolute Gasteiger partial charge is 0.126 e. The normalized spacial score (nSPS) is 13.3. The molecule has 2 rings (SSSR count). The van der Waals surface area contributed by atoms with Gasteiger partial charge in [0.2, 0.25) is 0 Å². The maximum Gasteiger partial charge on any atom is 0.126 e. The lowest BCUT2D eigenvalue weighted by atomic mass is 10.6. The monoisotopic (exact) mass is 167 g/mol. The molecule has 1 aromatic heterocycles. The molecule has 0 saturated carbocycles. The van der Waals surface area contributed by atoms with Crippen molar-refractivity contribution in [3.05, 3.63) is 30.1 Å². The molecule has 2 N–H and O–H groups in total. The summed E-state index contributed by atoms with van der Waals surface area (Å²) in [4.78, 5) is 8.63.